The molecule has 7 heteroatoms. The summed E-state index contributed by atoms with van der Waals surface area (Å²) in [5, 5.41) is 11.8. The lowest BCUT2D eigenvalue weighted by atomic mass is 10.1. The van der Waals surface area contributed by atoms with Crippen molar-refractivity contribution >= 4 is 5.91 Å². The number of imidazole rings is 1. The average molecular weight is 326 g/mol. The molecule has 1 aromatic carbocycles. The Morgan fingerprint density at radius 2 is 2.25 bits per heavy atom. The quantitative estimate of drug-likeness (QED) is 0.888. The van der Waals surface area contributed by atoms with Crippen LogP contribution in [0.15, 0.2) is 30.5 Å². The number of hydrogen-bond donors (Lipinski definition) is 2. The predicted octanol–water partition coefficient (Wildman–Crippen LogP) is 1.56. The highest BCUT2D eigenvalue weighted by Crippen LogP contribution is 2.18. The van der Waals surface area contributed by atoms with Crippen molar-refractivity contribution in [2.45, 2.75) is 25.5 Å². The molecule has 124 valence electrons. The summed E-state index contributed by atoms with van der Waals surface area (Å²) in [7, 11) is 0. The zero-order valence-corrected chi connectivity index (χ0v) is 13.3. The summed E-state index contributed by atoms with van der Waals surface area (Å²) in [6, 6.07) is 8.75. The zero-order chi connectivity index (χ0) is 16.9. The van der Waals surface area contributed by atoms with Crippen LogP contribution in [0.1, 0.15) is 28.3 Å². The average Bonchev–Trinajstić information content (AvgIpc) is 3.04. The second kappa shape index (κ2) is 7.15. The molecule has 2 heterocycles. The summed E-state index contributed by atoms with van der Waals surface area (Å²) < 4.78 is 11.4. The maximum atomic E-state index is 12.3. The van der Waals surface area contributed by atoms with E-state index in [1.54, 1.807) is 30.5 Å². The van der Waals surface area contributed by atoms with Crippen molar-refractivity contribution in [1.29, 1.82) is 5.26 Å². The lowest BCUT2D eigenvalue weighted by Gasteiger charge is -2.32. The molecule has 0 unspecified atom stereocenters. The van der Waals surface area contributed by atoms with E-state index in [2.05, 4.69) is 21.4 Å². The second-order valence-electron chi connectivity index (χ2n) is 5.65. The molecule has 3 rings (SSSR count). The van der Waals surface area contributed by atoms with E-state index in [9.17, 15) is 4.79 Å². The Bertz CT molecular complexity index is 748. The Kier molecular flexibility index (Phi) is 4.77. The van der Waals surface area contributed by atoms with E-state index < -0.39 is 0 Å². The predicted molar refractivity (Wildman–Crippen MR) is 85.6 cm³/mol. The SMILES string of the molecule is Cc1cnc(C(=O)N[C@@H]2CCOC[C@H]2Oc2ccc(C#N)cc2)[nH]1. The largest absolute Gasteiger partial charge is 0.486 e. The van der Waals surface area contributed by atoms with Gasteiger partial charge >= 0.3 is 0 Å². The van der Waals surface area contributed by atoms with E-state index in [0.717, 1.165) is 5.69 Å². The van der Waals surface area contributed by atoms with Gasteiger partial charge < -0.3 is 19.8 Å². The number of hydrogen-bond acceptors (Lipinski definition) is 5. The molecule has 0 bridgehead atoms. The van der Waals surface area contributed by atoms with Crippen LogP contribution in [0.2, 0.25) is 0 Å². The minimum absolute atomic E-state index is 0.174. The van der Waals surface area contributed by atoms with E-state index in [-0.39, 0.29) is 23.9 Å². The molecule has 1 aromatic heterocycles. The Labute approximate surface area is 139 Å². The van der Waals surface area contributed by atoms with Gasteiger partial charge in [-0.2, -0.15) is 5.26 Å². The molecule has 2 aromatic rings. The number of nitrogens with one attached hydrogen (secondary N) is 2. The van der Waals surface area contributed by atoms with Crippen molar-refractivity contribution in [3.05, 3.63) is 47.5 Å². The van der Waals surface area contributed by atoms with E-state index in [0.29, 0.717) is 30.9 Å². The molecular weight excluding hydrogens is 308 g/mol. The first kappa shape index (κ1) is 16.0. The van der Waals surface area contributed by atoms with Crippen LogP contribution >= 0.6 is 0 Å². The molecule has 7 nitrogen and oxygen atoms in total. The highest BCUT2D eigenvalue weighted by Gasteiger charge is 2.29. The Morgan fingerprint density at radius 3 is 2.92 bits per heavy atom. The van der Waals surface area contributed by atoms with Crippen LogP contribution in [0.4, 0.5) is 0 Å². The van der Waals surface area contributed by atoms with Gasteiger partial charge in [-0.3, -0.25) is 4.79 Å². The third-order valence-electron chi connectivity index (χ3n) is 3.81. The fraction of sp³-hybridized carbons (Fsp3) is 0.353. The van der Waals surface area contributed by atoms with Gasteiger partial charge in [0, 0.05) is 18.5 Å². The summed E-state index contributed by atoms with van der Waals surface area (Å²) >= 11 is 0. The molecule has 1 amide bonds. The zero-order valence-electron chi connectivity index (χ0n) is 13.3. The molecular formula is C17H18N4O3. The van der Waals surface area contributed by atoms with Crippen LogP contribution in [0, 0.1) is 18.3 Å². The summed E-state index contributed by atoms with van der Waals surface area (Å²) in [6.07, 6.45) is 1.97. The molecule has 0 spiro atoms. The molecule has 0 radical (unpaired) electrons. The first-order valence-corrected chi connectivity index (χ1v) is 7.73. The molecule has 1 fully saturated rings. The molecule has 24 heavy (non-hydrogen) atoms. The third kappa shape index (κ3) is 3.73. The fourth-order valence-corrected chi connectivity index (χ4v) is 2.54. The van der Waals surface area contributed by atoms with Crippen LogP contribution in [-0.2, 0) is 4.74 Å². The number of aryl methyl sites for hydroxylation is 1. The van der Waals surface area contributed by atoms with Crippen LogP contribution in [0.3, 0.4) is 0 Å². The molecule has 0 saturated carbocycles. The Morgan fingerprint density at radius 1 is 1.46 bits per heavy atom. The first-order chi connectivity index (χ1) is 11.7. The van der Waals surface area contributed by atoms with Gasteiger partial charge in [0.2, 0.25) is 0 Å². The number of carbonyl (C=O) groups excluding carboxylic acids is 1. The van der Waals surface area contributed by atoms with Crippen molar-refractivity contribution in [2.24, 2.45) is 0 Å². The number of aromatic nitrogens is 2. The van der Waals surface area contributed by atoms with Crippen LogP contribution in [-0.4, -0.2) is 41.2 Å². The number of carbonyl (C=O) groups is 1. The van der Waals surface area contributed by atoms with Crippen molar-refractivity contribution < 1.29 is 14.3 Å². The minimum Gasteiger partial charge on any atom is -0.486 e. The number of rotatable bonds is 4. The highest BCUT2D eigenvalue weighted by atomic mass is 16.5. The standard InChI is InChI=1S/C17H18N4O3/c1-11-9-19-16(20-11)17(22)21-14-6-7-23-10-15(14)24-13-4-2-12(8-18)3-5-13/h2-5,9,14-15H,6-7,10H2,1H3,(H,19,20)(H,21,22)/t14-,15-/m1/s1. The smallest absolute Gasteiger partial charge is 0.287 e. The first-order valence-electron chi connectivity index (χ1n) is 7.73. The summed E-state index contributed by atoms with van der Waals surface area (Å²) in [4.78, 5) is 19.2. The lowest BCUT2D eigenvalue weighted by Crippen LogP contribution is -2.51. The number of ether oxygens (including phenoxy) is 2. The van der Waals surface area contributed by atoms with Gasteiger partial charge in [0.25, 0.3) is 5.91 Å². The number of amides is 1. The van der Waals surface area contributed by atoms with Gasteiger partial charge in [0.15, 0.2) is 5.82 Å². The van der Waals surface area contributed by atoms with E-state index in [1.165, 1.54) is 0 Å². The summed E-state index contributed by atoms with van der Waals surface area (Å²) in [5.74, 6) is 0.664. The lowest BCUT2D eigenvalue weighted by molar-refractivity contribution is -0.0136. The van der Waals surface area contributed by atoms with Gasteiger partial charge in [-0.15, -0.1) is 0 Å². The van der Waals surface area contributed by atoms with Gasteiger partial charge in [0.1, 0.15) is 11.9 Å². The van der Waals surface area contributed by atoms with Crippen molar-refractivity contribution in [3.8, 4) is 11.8 Å². The van der Waals surface area contributed by atoms with Crippen molar-refractivity contribution in [1.82, 2.24) is 15.3 Å². The molecule has 2 N–H and O–H groups in total. The maximum Gasteiger partial charge on any atom is 0.287 e. The number of nitriles is 1. The van der Waals surface area contributed by atoms with Crippen LogP contribution in [0.25, 0.3) is 0 Å². The topological polar surface area (TPSA) is 100 Å². The summed E-state index contributed by atoms with van der Waals surface area (Å²) in [5.41, 5.74) is 1.40. The van der Waals surface area contributed by atoms with E-state index in [4.69, 9.17) is 14.7 Å². The molecule has 2 atom stereocenters. The van der Waals surface area contributed by atoms with Crippen molar-refractivity contribution in [3.63, 3.8) is 0 Å². The monoisotopic (exact) mass is 326 g/mol. The highest BCUT2D eigenvalue weighted by molar-refractivity contribution is 5.90. The van der Waals surface area contributed by atoms with E-state index in [1.807, 2.05) is 6.92 Å². The fourth-order valence-electron chi connectivity index (χ4n) is 2.54. The van der Waals surface area contributed by atoms with Gasteiger partial charge in [-0.1, -0.05) is 0 Å². The second-order valence-corrected chi connectivity index (χ2v) is 5.65. The van der Waals surface area contributed by atoms with Crippen molar-refractivity contribution in [2.75, 3.05) is 13.2 Å². The Hall–Kier alpha value is -2.85. The Balaban J connectivity index is 1.66. The summed E-state index contributed by atoms with van der Waals surface area (Å²) in [6.45, 7) is 2.80. The molecule has 0 aliphatic carbocycles. The number of benzene rings is 1. The van der Waals surface area contributed by atoms with Gasteiger partial charge in [-0.05, 0) is 37.6 Å². The number of aromatic amines is 1. The minimum atomic E-state index is -0.299. The van der Waals surface area contributed by atoms with E-state index >= 15 is 0 Å². The number of H-pyrrole nitrogens is 1. The third-order valence-corrected chi connectivity index (χ3v) is 3.81. The molecule has 1 saturated heterocycles. The molecule has 1 aliphatic rings. The van der Waals surface area contributed by atoms with Gasteiger partial charge in [-0.25, -0.2) is 4.98 Å². The molecule has 1 aliphatic heterocycles. The van der Waals surface area contributed by atoms with Crippen LogP contribution < -0.4 is 10.1 Å². The van der Waals surface area contributed by atoms with Crippen LogP contribution in [0.5, 0.6) is 5.75 Å². The van der Waals surface area contributed by atoms with Gasteiger partial charge in [0.05, 0.1) is 24.3 Å². The maximum absolute atomic E-state index is 12.3. The number of nitrogens with zero attached hydrogens (tertiary/aromatic N) is 2. The normalized spacial score (nSPS) is 20.2.